The van der Waals surface area contributed by atoms with E-state index in [1.807, 2.05) is 17.8 Å². The molecule has 0 bridgehead atoms. The van der Waals surface area contributed by atoms with Crippen molar-refractivity contribution in [3.63, 3.8) is 0 Å². The van der Waals surface area contributed by atoms with Crippen LogP contribution in [0.25, 0.3) is 11.1 Å². The van der Waals surface area contributed by atoms with Crippen molar-refractivity contribution in [1.82, 2.24) is 15.1 Å². The van der Waals surface area contributed by atoms with Crippen LogP contribution in [0.5, 0.6) is 5.75 Å². The van der Waals surface area contributed by atoms with Gasteiger partial charge in [0.05, 0.1) is 23.3 Å². The average Bonchev–Trinajstić information content (AvgIpc) is 3.07. The Morgan fingerprint density at radius 1 is 1.45 bits per heavy atom. The van der Waals surface area contributed by atoms with Crippen molar-refractivity contribution in [1.29, 1.82) is 0 Å². The van der Waals surface area contributed by atoms with E-state index in [1.165, 1.54) is 12.0 Å². The maximum Gasteiger partial charge on any atom is 0.133 e. The molecule has 1 fully saturated rings. The van der Waals surface area contributed by atoms with Gasteiger partial charge in [-0.1, -0.05) is 6.07 Å². The molecule has 2 heterocycles. The predicted octanol–water partition coefficient (Wildman–Crippen LogP) is 3.28. The zero-order chi connectivity index (χ0) is 14.1. The molecule has 1 aromatic heterocycles. The van der Waals surface area contributed by atoms with Crippen molar-refractivity contribution in [3.8, 4) is 16.9 Å². The summed E-state index contributed by atoms with van der Waals surface area (Å²) < 4.78 is 8.15. The van der Waals surface area contributed by atoms with Crippen LogP contribution < -0.4 is 10.1 Å². The number of hydrogen-bond donors (Lipinski definition) is 1. The molecule has 1 unspecified atom stereocenters. The Morgan fingerprint density at radius 3 is 2.95 bits per heavy atom. The second kappa shape index (κ2) is 5.58. The maximum absolute atomic E-state index is 5.29. The number of halogens is 1. The molecular weight excluding hydrogens is 318 g/mol. The minimum absolute atomic E-state index is 0.368. The summed E-state index contributed by atoms with van der Waals surface area (Å²) in [4.78, 5) is 0. The van der Waals surface area contributed by atoms with Crippen molar-refractivity contribution in [2.24, 2.45) is 7.05 Å². The Hall–Kier alpha value is -1.33. The van der Waals surface area contributed by atoms with Gasteiger partial charge < -0.3 is 10.1 Å². The minimum atomic E-state index is 0.368. The van der Waals surface area contributed by atoms with Crippen LogP contribution in [0.4, 0.5) is 0 Å². The summed E-state index contributed by atoms with van der Waals surface area (Å²) >= 11 is 3.55. The lowest BCUT2D eigenvalue weighted by Gasteiger charge is -2.11. The first-order chi connectivity index (χ1) is 9.69. The van der Waals surface area contributed by atoms with Crippen molar-refractivity contribution >= 4 is 15.9 Å². The van der Waals surface area contributed by atoms with Crippen LogP contribution in [0, 0.1) is 0 Å². The van der Waals surface area contributed by atoms with Gasteiger partial charge in [0.25, 0.3) is 0 Å². The molecule has 0 spiro atoms. The molecule has 3 rings (SSSR count). The third-order valence-electron chi connectivity index (χ3n) is 3.71. The third-order valence-corrected chi connectivity index (χ3v) is 4.33. The summed E-state index contributed by atoms with van der Waals surface area (Å²) in [5.74, 6) is 0.846. The van der Waals surface area contributed by atoms with E-state index in [9.17, 15) is 0 Å². The molecule has 1 atom stereocenters. The van der Waals surface area contributed by atoms with Crippen LogP contribution in [-0.4, -0.2) is 23.4 Å². The fourth-order valence-corrected chi connectivity index (χ4v) is 3.28. The number of nitrogens with one attached hydrogen (secondary N) is 1. The topological polar surface area (TPSA) is 39.1 Å². The lowest BCUT2D eigenvalue weighted by Crippen LogP contribution is -2.14. The van der Waals surface area contributed by atoms with Gasteiger partial charge >= 0.3 is 0 Å². The van der Waals surface area contributed by atoms with Crippen LogP contribution in [0.1, 0.15) is 24.6 Å². The molecule has 1 saturated heterocycles. The Morgan fingerprint density at radius 2 is 2.30 bits per heavy atom. The fraction of sp³-hybridized carbons (Fsp3) is 0.400. The van der Waals surface area contributed by atoms with Gasteiger partial charge in [0.15, 0.2) is 0 Å². The van der Waals surface area contributed by atoms with Gasteiger partial charge in [-0.05, 0) is 53.0 Å². The first-order valence-corrected chi connectivity index (χ1v) is 7.59. The first-order valence-electron chi connectivity index (χ1n) is 6.80. The summed E-state index contributed by atoms with van der Waals surface area (Å²) in [6, 6.07) is 6.53. The Bertz CT molecular complexity index is 618. The molecule has 1 aliphatic heterocycles. The van der Waals surface area contributed by atoms with E-state index in [2.05, 4.69) is 44.7 Å². The van der Waals surface area contributed by atoms with Gasteiger partial charge in [-0.25, -0.2) is 0 Å². The fourth-order valence-electron chi connectivity index (χ4n) is 2.74. The van der Waals surface area contributed by atoms with Crippen LogP contribution in [0.3, 0.4) is 0 Å². The monoisotopic (exact) mass is 335 g/mol. The van der Waals surface area contributed by atoms with E-state index in [1.54, 1.807) is 7.11 Å². The van der Waals surface area contributed by atoms with E-state index in [0.717, 1.165) is 34.4 Å². The second-order valence-corrected chi connectivity index (χ2v) is 5.95. The lowest BCUT2D eigenvalue weighted by molar-refractivity contribution is 0.412. The zero-order valence-electron chi connectivity index (χ0n) is 11.7. The molecular formula is C15H18BrN3O. The Labute approximate surface area is 127 Å². The van der Waals surface area contributed by atoms with Gasteiger partial charge in [0, 0.05) is 18.8 Å². The molecule has 4 nitrogen and oxygen atoms in total. The van der Waals surface area contributed by atoms with Crippen molar-refractivity contribution < 1.29 is 4.74 Å². The van der Waals surface area contributed by atoms with E-state index >= 15 is 0 Å². The molecule has 106 valence electrons. The molecule has 20 heavy (non-hydrogen) atoms. The van der Waals surface area contributed by atoms with Gasteiger partial charge in [-0.15, -0.1) is 0 Å². The largest absolute Gasteiger partial charge is 0.496 e. The summed E-state index contributed by atoms with van der Waals surface area (Å²) in [6.07, 6.45) is 4.46. The van der Waals surface area contributed by atoms with E-state index in [4.69, 9.17) is 4.74 Å². The molecule has 2 aromatic rings. The Balaban J connectivity index is 2.03. The highest BCUT2D eigenvalue weighted by Gasteiger charge is 2.23. The maximum atomic E-state index is 5.29. The highest BCUT2D eigenvalue weighted by atomic mass is 79.9. The van der Waals surface area contributed by atoms with Gasteiger partial charge in [-0.2, -0.15) is 5.10 Å². The standard InChI is InChI=1S/C15H18BrN3O/c1-19-9-11(15(18-19)13-4-3-7-17-13)10-5-6-14(20-2)12(16)8-10/h5-6,8-9,13,17H,3-4,7H2,1-2H3. The SMILES string of the molecule is COc1ccc(-c2cn(C)nc2C2CCCN2)cc1Br. The number of aryl methyl sites for hydroxylation is 1. The molecule has 1 aliphatic rings. The highest BCUT2D eigenvalue weighted by Crippen LogP contribution is 2.35. The van der Waals surface area contributed by atoms with Crippen LogP contribution >= 0.6 is 15.9 Å². The summed E-state index contributed by atoms with van der Waals surface area (Å²) in [5, 5.41) is 8.17. The first kappa shape index (κ1) is 13.6. The van der Waals surface area contributed by atoms with E-state index in [-0.39, 0.29) is 0 Å². The summed E-state index contributed by atoms with van der Waals surface area (Å²) in [7, 11) is 3.65. The van der Waals surface area contributed by atoms with Gasteiger partial charge in [-0.3, -0.25) is 4.68 Å². The van der Waals surface area contributed by atoms with Gasteiger partial charge in [0.1, 0.15) is 5.75 Å². The number of benzene rings is 1. The number of rotatable bonds is 3. The van der Waals surface area contributed by atoms with E-state index < -0.39 is 0 Å². The number of aromatic nitrogens is 2. The average molecular weight is 336 g/mol. The molecule has 5 heteroatoms. The second-order valence-electron chi connectivity index (χ2n) is 5.10. The minimum Gasteiger partial charge on any atom is -0.496 e. The number of methoxy groups -OCH3 is 1. The normalized spacial score (nSPS) is 18.4. The molecule has 1 aromatic carbocycles. The quantitative estimate of drug-likeness (QED) is 0.935. The van der Waals surface area contributed by atoms with E-state index in [0.29, 0.717) is 6.04 Å². The Kier molecular flexibility index (Phi) is 3.81. The number of hydrogen-bond acceptors (Lipinski definition) is 3. The zero-order valence-corrected chi connectivity index (χ0v) is 13.3. The lowest BCUT2D eigenvalue weighted by atomic mass is 10.0. The number of nitrogens with zero attached hydrogens (tertiary/aromatic N) is 2. The molecule has 1 N–H and O–H groups in total. The number of ether oxygens (including phenoxy) is 1. The molecule has 0 saturated carbocycles. The van der Waals surface area contributed by atoms with Crippen LogP contribution in [0.2, 0.25) is 0 Å². The third kappa shape index (κ3) is 2.47. The van der Waals surface area contributed by atoms with Crippen molar-refractivity contribution in [2.75, 3.05) is 13.7 Å². The highest BCUT2D eigenvalue weighted by molar-refractivity contribution is 9.10. The molecule has 0 aliphatic carbocycles. The van der Waals surface area contributed by atoms with Gasteiger partial charge in [0.2, 0.25) is 0 Å². The van der Waals surface area contributed by atoms with Crippen LogP contribution in [-0.2, 0) is 7.05 Å². The summed E-state index contributed by atoms with van der Waals surface area (Å²) in [6.45, 7) is 1.08. The molecule has 0 amide bonds. The molecule has 0 radical (unpaired) electrons. The summed E-state index contributed by atoms with van der Waals surface area (Å²) in [5.41, 5.74) is 3.49. The smallest absolute Gasteiger partial charge is 0.133 e. The van der Waals surface area contributed by atoms with Crippen molar-refractivity contribution in [2.45, 2.75) is 18.9 Å². The van der Waals surface area contributed by atoms with Crippen LogP contribution in [0.15, 0.2) is 28.9 Å². The predicted molar refractivity (Wildman–Crippen MR) is 82.9 cm³/mol. The van der Waals surface area contributed by atoms with Crippen molar-refractivity contribution in [3.05, 3.63) is 34.6 Å².